The van der Waals surface area contributed by atoms with E-state index < -0.39 is 5.97 Å². The van der Waals surface area contributed by atoms with Crippen molar-refractivity contribution in [2.24, 2.45) is 0 Å². The smallest absolute Gasteiger partial charge is 0.356 e. The van der Waals surface area contributed by atoms with Crippen LogP contribution in [0.25, 0.3) is 5.82 Å². The molecule has 3 heterocycles. The number of carboxylic acids is 1. The highest BCUT2D eigenvalue weighted by atomic mass is 32.1. The molecule has 1 atom stereocenters. The highest BCUT2D eigenvalue weighted by Gasteiger charge is 2.19. The average Bonchev–Trinajstić information content (AvgIpc) is 3.09. The summed E-state index contributed by atoms with van der Waals surface area (Å²) in [6.07, 6.45) is 2.86. The van der Waals surface area contributed by atoms with Gasteiger partial charge in [0.15, 0.2) is 5.69 Å². The molecule has 3 rings (SSSR count). The lowest BCUT2D eigenvalue weighted by molar-refractivity contribution is 0.0275. The van der Waals surface area contributed by atoms with Crippen molar-refractivity contribution in [3.05, 3.63) is 28.6 Å². The molecule has 8 heteroatoms. The molecule has 1 unspecified atom stereocenters. The van der Waals surface area contributed by atoms with Crippen LogP contribution in [0.5, 0.6) is 0 Å². The molecular weight excluding hydrogens is 268 g/mol. The van der Waals surface area contributed by atoms with Crippen molar-refractivity contribution < 1.29 is 14.6 Å². The van der Waals surface area contributed by atoms with E-state index in [1.165, 1.54) is 23.9 Å². The van der Waals surface area contributed by atoms with Gasteiger partial charge in [-0.2, -0.15) is 0 Å². The molecule has 7 nitrogen and oxygen atoms in total. The first-order valence-corrected chi connectivity index (χ1v) is 6.67. The van der Waals surface area contributed by atoms with E-state index in [2.05, 4.69) is 15.3 Å². The van der Waals surface area contributed by atoms with Gasteiger partial charge in [0.25, 0.3) is 0 Å². The molecule has 100 valence electrons. The molecule has 0 saturated carbocycles. The third kappa shape index (κ3) is 2.50. The molecule has 2 aromatic rings. The summed E-state index contributed by atoms with van der Waals surface area (Å²) in [6, 6.07) is 0. The second kappa shape index (κ2) is 5.08. The van der Waals surface area contributed by atoms with Crippen LogP contribution in [0, 0.1) is 0 Å². The Morgan fingerprint density at radius 2 is 2.53 bits per heavy atom. The minimum Gasteiger partial charge on any atom is -0.476 e. The standard InChI is InChI=1S/C11H12N4O3S/c16-11(17)7-4-15(6-13-7)9-5-19-10(14-9)8-3-12-1-2-18-8/h4-6,8,12H,1-3H2,(H,16,17). The molecule has 2 aromatic heterocycles. The van der Waals surface area contributed by atoms with E-state index in [-0.39, 0.29) is 11.8 Å². The van der Waals surface area contributed by atoms with Crippen molar-refractivity contribution in [1.29, 1.82) is 0 Å². The monoisotopic (exact) mass is 280 g/mol. The second-order valence-electron chi connectivity index (χ2n) is 4.08. The molecule has 1 aliphatic rings. The van der Waals surface area contributed by atoms with Gasteiger partial charge in [-0.3, -0.25) is 4.57 Å². The molecule has 0 amide bonds. The number of imidazole rings is 1. The number of carboxylic acid groups (broad SMARTS) is 1. The first-order valence-electron chi connectivity index (χ1n) is 5.79. The number of aromatic carboxylic acids is 1. The van der Waals surface area contributed by atoms with Crippen LogP contribution in [0.4, 0.5) is 0 Å². The first kappa shape index (κ1) is 12.3. The molecule has 0 aromatic carbocycles. The van der Waals surface area contributed by atoms with Crippen LogP contribution in [-0.2, 0) is 4.74 Å². The fourth-order valence-corrected chi connectivity index (χ4v) is 2.68. The third-order valence-electron chi connectivity index (χ3n) is 2.78. The third-order valence-corrected chi connectivity index (χ3v) is 3.70. The fourth-order valence-electron chi connectivity index (χ4n) is 1.83. The predicted molar refractivity (Wildman–Crippen MR) is 67.8 cm³/mol. The molecule has 1 aliphatic heterocycles. The van der Waals surface area contributed by atoms with Crippen LogP contribution in [0.2, 0.25) is 0 Å². The van der Waals surface area contributed by atoms with E-state index >= 15 is 0 Å². The maximum absolute atomic E-state index is 10.8. The zero-order chi connectivity index (χ0) is 13.2. The molecule has 0 spiro atoms. The van der Waals surface area contributed by atoms with E-state index in [0.717, 1.165) is 18.1 Å². The maximum atomic E-state index is 10.8. The fraction of sp³-hybridized carbons (Fsp3) is 0.364. The van der Waals surface area contributed by atoms with E-state index in [0.29, 0.717) is 12.4 Å². The van der Waals surface area contributed by atoms with Gasteiger partial charge >= 0.3 is 5.97 Å². The van der Waals surface area contributed by atoms with Crippen molar-refractivity contribution in [2.45, 2.75) is 6.10 Å². The predicted octanol–water partition coefficient (Wildman–Crippen LogP) is 0.688. The zero-order valence-electron chi connectivity index (χ0n) is 9.94. The summed E-state index contributed by atoms with van der Waals surface area (Å²) in [6.45, 7) is 2.28. The van der Waals surface area contributed by atoms with Crippen LogP contribution in [0.15, 0.2) is 17.9 Å². The molecule has 0 radical (unpaired) electrons. The van der Waals surface area contributed by atoms with Crippen molar-refractivity contribution in [3.63, 3.8) is 0 Å². The Morgan fingerprint density at radius 1 is 1.63 bits per heavy atom. The van der Waals surface area contributed by atoms with Crippen molar-refractivity contribution in [1.82, 2.24) is 19.9 Å². The van der Waals surface area contributed by atoms with Gasteiger partial charge in [0, 0.05) is 24.7 Å². The van der Waals surface area contributed by atoms with E-state index in [1.54, 1.807) is 4.57 Å². The molecule has 0 bridgehead atoms. The van der Waals surface area contributed by atoms with Crippen LogP contribution < -0.4 is 5.32 Å². The van der Waals surface area contributed by atoms with Crippen molar-refractivity contribution in [2.75, 3.05) is 19.7 Å². The number of thiazole rings is 1. The summed E-state index contributed by atoms with van der Waals surface area (Å²) in [4.78, 5) is 19.0. The Morgan fingerprint density at radius 3 is 3.21 bits per heavy atom. The van der Waals surface area contributed by atoms with Crippen LogP contribution in [0.1, 0.15) is 21.6 Å². The van der Waals surface area contributed by atoms with Crippen LogP contribution >= 0.6 is 11.3 Å². The number of morpholine rings is 1. The quantitative estimate of drug-likeness (QED) is 0.859. The van der Waals surface area contributed by atoms with Crippen LogP contribution in [-0.4, -0.2) is 45.3 Å². The largest absolute Gasteiger partial charge is 0.476 e. The van der Waals surface area contributed by atoms with Crippen LogP contribution in [0.3, 0.4) is 0 Å². The number of aromatic nitrogens is 3. The minimum absolute atomic E-state index is 0.00475. The Labute approximate surface area is 112 Å². The van der Waals surface area contributed by atoms with Gasteiger partial charge < -0.3 is 15.2 Å². The molecule has 1 saturated heterocycles. The van der Waals surface area contributed by atoms with Gasteiger partial charge in [0.05, 0.1) is 6.61 Å². The molecule has 2 N–H and O–H groups in total. The lowest BCUT2D eigenvalue weighted by Crippen LogP contribution is -2.33. The molecule has 1 fully saturated rings. The summed E-state index contributed by atoms with van der Waals surface area (Å²) in [5, 5.41) is 14.8. The van der Waals surface area contributed by atoms with E-state index in [1.807, 2.05) is 5.38 Å². The van der Waals surface area contributed by atoms with Crippen molar-refractivity contribution >= 4 is 17.3 Å². The second-order valence-corrected chi connectivity index (χ2v) is 4.97. The maximum Gasteiger partial charge on any atom is 0.356 e. The number of rotatable bonds is 3. The van der Waals surface area contributed by atoms with Crippen molar-refractivity contribution in [3.8, 4) is 5.82 Å². The van der Waals surface area contributed by atoms with Gasteiger partial charge in [0.1, 0.15) is 23.3 Å². The van der Waals surface area contributed by atoms with E-state index in [9.17, 15) is 4.79 Å². The Bertz CT molecular complexity index is 588. The summed E-state index contributed by atoms with van der Waals surface area (Å²) in [5.41, 5.74) is 0.00475. The highest BCUT2D eigenvalue weighted by molar-refractivity contribution is 7.09. The number of hydrogen-bond donors (Lipinski definition) is 2. The Kier molecular flexibility index (Phi) is 3.28. The normalized spacial score (nSPS) is 19.5. The Balaban J connectivity index is 1.81. The first-order chi connectivity index (χ1) is 9.24. The summed E-state index contributed by atoms with van der Waals surface area (Å²) in [5.74, 6) is -0.386. The number of nitrogens with zero attached hydrogens (tertiary/aromatic N) is 3. The highest BCUT2D eigenvalue weighted by Crippen LogP contribution is 2.24. The van der Waals surface area contributed by atoms with Gasteiger partial charge in [-0.05, 0) is 0 Å². The summed E-state index contributed by atoms with van der Waals surface area (Å²) < 4.78 is 7.22. The number of ether oxygens (including phenoxy) is 1. The van der Waals surface area contributed by atoms with Gasteiger partial charge in [-0.25, -0.2) is 14.8 Å². The zero-order valence-corrected chi connectivity index (χ0v) is 10.8. The minimum atomic E-state index is -1.05. The summed E-state index contributed by atoms with van der Waals surface area (Å²) >= 11 is 1.50. The average molecular weight is 280 g/mol. The van der Waals surface area contributed by atoms with E-state index in [4.69, 9.17) is 9.84 Å². The number of nitrogens with one attached hydrogen (secondary N) is 1. The lowest BCUT2D eigenvalue weighted by Gasteiger charge is -2.21. The van der Waals surface area contributed by atoms with Gasteiger partial charge in [-0.15, -0.1) is 11.3 Å². The summed E-state index contributed by atoms with van der Waals surface area (Å²) in [7, 11) is 0. The number of hydrogen-bond acceptors (Lipinski definition) is 6. The molecule has 19 heavy (non-hydrogen) atoms. The van der Waals surface area contributed by atoms with Gasteiger partial charge in [0.2, 0.25) is 0 Å². The Hall–Kier alpha value is -1.77. The molecular formula is C11H12N4O3S. The lowest BCUT2D eigenvalue weighted by atomic mass is 10.3. The number of carbonyl (C=O) groups is 1. The topological polar surface area (TPSA) is 89.3 Å². The van der Waals surface area contributed by atoms with Gasteiger partial charge in [-0.1, -0.05) is 0 Å². The molecule has 0 aliphatic carbocycles. The SMILES string of the molecule is O=C(O)c1cn(-c2csc(C3CNCCO3)n2)cn1.